The SMILES string of the molecule is CCSC(C(=O)Nc1cccc(CO)c1)C(C)C. The molecule has 4 heteroatoms. The first-order chi connectivity index (χ1) is 8.58. The molecule has 100 valence electrons. The van der Waals surface area contributed by atoms with Gasteiger partial charge in [-0.1, -0.05) is 32.9 Å². The van der Waals surface area contributed by atoms with Crippen LogP contribution in [0.2, 0.25) is 0 Å². The molecule has 0 bridgehead atoms. The number of aliphatic hydroxyl groups is 1. The summed E-state index contributed by atoms with van der Waals surface area (Å²) in [5.74, 6) is 1.26. The maximum absolute atomic E-state index is 12.1. The quantitative estimate of drug-likeness (QED) is 0.833. The van der Waals surface area contributed by atoms with E-state index in [0.717, 1.165) is 17.0 Å². The Kier molecular flexibility index (Phi) is 6.22. The number of carbonyl (C=O) groups excluding carboxylic acids is 1. The minimum Gasteiger partial charge on any atom is -0.392 e. The van der Waals surface area contributed by atoms with Crippen LogP contribution in [0.15, 0.2) is 24.3 Å². The fourth-order valence-corrected chi connectivity index (χ4v) is 2.67. The molecule has 3 nitrogen and oxygen atoms in total. The highest BCUT2D eigenvalue weighted by Gasteiger charge is 2.21. The van der Waals surface area contributed by atoms with Crippen molar-refractivity contribution in [2.75, 3.05) is 11.1 Å². The lowest BCUT2D eigenvalue weighted by atomic mass is 10.1. The van der Waals surface area contributed by atoms with Crippen LogP contribution in [-0.4, -0.2) is 22.0 Å². The average Bonchev–Trinajstić information content (AvgIpc) is 2.35. The zero-order valence-electron chi connectivity index (χ0n) is 11.1. The zero-order chi connectivity index (χ0) is 13.5. The molecule has 0 heterocycles. The highest BCUT2D eigenvalue weighted by Crippen LogP contribution is 2.21. The first-order valence-electron chi connectivity index (χ1n) is 6.20. The van der Waals surface area contributed by atoms with Crippen molar-refractivity contribution >= 4 is 23.4 Å². The predicted molar refractivity (Wildman–Crippen MR) is 77.8 cm³/mol. The van der Waals surface area contributed by atoms with Crippen LogP contribution in [0.25, 0.3) is 0 Å². The highest BCUT2D eigenvalue weighted by molar-refractivity contribution is 8.00. The molecule has 0 aromatic heterocycles. The third kappa shape index (κ3) is 4.35. The monoisotopic (exact) mass is 267 g/mol. The van der Waals surface area contributed by atoms with Crippen molar-refractivity contribution in [1.29, 1.82) is 0 Å². The van der Waals surface area contributed by atoms with E-state index in [2.05, 4.69) is 26.1 Å². The maximum atomic E-state index is 12.1. The molecular formula is C14H21NO2S. The summed E-state index contributed by atoms with van der Waals surface area (Å²) in [6, 6.07) is 7.30. The second-order valence-corrected chi connectivity index (χ2v) is 5.89. The molecule has 0 fully saturated rings. The minimum absolute atomic E-state index is 0.0129. The molecule has 0 radical (unpaired) electrons. The first-order valence-corrected chi connectivity index (χ1v) is 7.25. The van der Waals surface area contributed by atoms with E-state index >= 15 is 0 Å². The number of anilines is 1. The molecule has 0 aliphatic rings. The number of aliphatic hydroxyl groups excluding tert-OH is 1. The van der Waals surface area contributed by atoms with Crippen molar-refractivity contribution in [3.05, 3.63) is 29.8 Å². The number of hydrogen-bond donors (Lipinski definition) is 2. The van der Waals surface area contributed by atoms with Gasteiger partial charge < -0.3 is 10.4 Å². The molecule has 0 aliphatic heterocycles. The number of hydrogen-bond acceptors (Lipinski definition) is 3. The van der Waals surface area contributed by atoms with Gasteiger partial charge in [-0.3, -0.25) is 4.79 Å². The summed E-state index contributed by atoms with van der Waals surface area (Å²) in [5, 5.41) is 11.9. The van der Waals surface area contributed by atoms with E-state index in [4.69, 9.17) is 5.11 Å². The van der Waals surface area contributed by atoms with E-state index in [9.17, 15) is 4.79 Å². The Morgan fingerprint density at radius 2 is 2.17 bits per heavy atom. The summed E-state index contributed by atoms with van der Waals surface area (Å²) in [4.78, 5) is 12.1. The van der Waals surface area contributed by atoms with Crippen molar-refractivity contribution in [2.24, 2.45) is 5.92 Å². The van der Waals surface area contributed by atoms with Crippen LogP contribution in [0.3, 0.4) is 0 Å². The van der Waals surface area contributed by atoms with Crippen LogP contribution in [0, 0.1) is 5.92 Å². The standard InChI is InChI=1S/C14H21NO2S/c1-4-18-13(10(2)3)14(17)15-12-7-5-6-11(8-12)9-16/h5-8,10,13,16H,4,9H2,1-3H3,(H,15,17). The third-order valence-electron chi connectivity index (χ3n) is 2.59. The third-order valence-corrected chi connectivity index (χ3v) is 4.04. The van der Waals surface area contributed by atoms with Gasteiger partial charge in [0.25, 0.3) is 0 Å². The number of amides is 1. The molecular weight excluding hydrogens is 246 g/mol. The Hall–Kier alpha value is -1.00. The molecule has 18 heavy (non-hydrogen) atoms. The molecule has 0 saturated heterocycles. The molecule has 1 rings (SSSR count). The summed E-state index contributed by atoms with van der Waals surface area (Å²) in [7, 11) is 0. The van der Waals surface area contributed by atoms with Crippen molar-refractivity contribution in [2.45, 2.75) is 32.6 Å². The van der Waals surface area contributed by atoms with Crippen LogP contribution in [0.4, 0.5) is 5.69 Å². The van der Waals surface area contributed by atoms with Crippen LogP contribution >= 0.6 is 11.8 Å². The topological polar surface area (TPSA) is 49.3 Å². The Bertz CT molecular complexity index is 393. The molecule has 1 unspecified atom stereocenters. The van der Waals surface area contributed by atoms with E-state index in [1.165, 1.54) is 0 Å². The largest absolute Gasteiger partial charge is 0.392 e. The molecule has 1 amide bonds. The second kappa shape index (κ2) is 7.44. The lowest BCUT2D eigenvalue weighted by Gasteiger charge is -2.19. The highest BCUT2D eigenvalue weighted by atomic mass is 32.2. The van der Waals surface area contributed by atoms with Gasteiger partial charge in [-0.2, -0.15) is 0 Å². The zero-order valence-corrected chi connectivity index (χ0v) is 12.0. The number of nitrogens with one attached hydrogen (secondary N) is 1. The summed E-state index contributed by atoms with van der Waals surface area (Å²) in [6.07, 6.45) is 0. The summed E-state index contributed by atoms with van der Waals surface area (Å²) in [6.45, 7) is 6.15. The number of benzene rings is 1. The van der Waals surface area contributed by atoms with E-state index in [0.29, 0.717) is 5.92 Å². The predicted octanol–water partition coefficient (Wildman–Crippen LogP) is 2.90. The van der Waals surface area contributed by atoms with Crippen molar-refractivity contribution < 1.29 is 9.90 Å². The van der Waals surface area contributed by atoms with E-state index in [1.54, 1.807) is 17.8 Å². The lowest BCUT2D eigenvalue weighted by Crippen LogP contribution is -2.29. The number of carbonyl (C=O) groups is 1. The van der Waals surface area contributed by atoms with E-state index in [-0.39, 0.29) is 17.8 Å². The summed E-state index contributed by atoms with van der Waals surface area (Å²) >= 11 is 1.66. The Balaban J connectivity index is 2.72. The van der Waals surface area contributed by atoms with Gasteiger partial charge >= 0.3 is 0 Å². The molecule has 1 atom stereocenters. The second-order valence-electron chi connectivity index (χ2n) is 4.47. The van der Waals surface area contributed by atoms with E-state index < -0.39 is 0 Å². The van der Waals surface area contributed by atoms with Crippen LogP contribution < -0.4 is 5.32 Å². The Morgan fingerprint density at radius 1 is 1.44 bits per heavy atom. The maximum Gasteiger partial charge on any atom is 0.237 e. The van der Waals surface area contributed by atoms with Gasteiger partial charge in [-0.25, -0.2) is 0 Å². The Labute approximate surface area is 113 Å². The van der Waals surface area contributed by atoms with Gasteiger partial charge in [0.2, 0.25) is 5.91 Å². The fraction of sp³-hybridized carbons (Fsp3) is 0.500. The summed E-state index contributed by atoms with van der Waals surface area (Å²) < 4.78 is 0. The normalized spacial score (nSPS) is 12.5. The van der Waals surface area contributed by atoms with Gasteiger partial charge in [0, 0.05) is 5.69 Å². The minimum atomic E-state index is -0.0345. The molecule has 0 aliphatic carbocycles. The van der Waals surface area contributed by atoms with Crippen LogP contribution in [0.5, 0.6) is 0 Å². The smallest absolute Gasteiger partial charge is 0.237 e. The van der Waals surface area contributed by atoms with Crippen LogP contribution in [-0.2, 0) is 11.4 Å². The first kappa shape index (κ1) is 15.1. The van der Waals surface area contributed by atoms with Crippen LogP contribution in [0.1, 0.15) is 26.3 Å². The van der Waals surface area contributed by atoms with Gasteiger partial charge in [0.15, 0.2) is 0 Å². The molecule has 0 saturated carbocycles. The lowest BCUT2D eigenvalue weighted by molar-refractivity contribution is -0.116. The average molecular weight is 267 g/mol. The van der Waals surface area contributed by atoms with Gasteiger partial charge in [0.05, 0.1) is 11.9 Å². The number of thioether (sulfide) groups is 1. The molecule has 0 spiro atoms. The van der Waals surface area contributed by atoms with Crippen molar-refractivity contribution in [3.63, 3.8) is 0 Å². The fourth-order valence-electron chi connectivity index (χ4n) is 1.71. The van der Waals surface area contributed by atoms with Gasteiger partial charge in [0.1, 0.15) is 0 Å². The number of rotatable bonds is 6. The van der Waals surface area contributed by atoms with Crippen molar-refractivity contribution in [1.82, 2.24) is 0 Å². The Morgan fingerprint density at radius 3 is 2.72 bits per heavy atom. The molecule has 2 N–H and O–H groups in total. The molecule has 1 aromatic rings. The summed E-state index contributed by atoms with van der Waals surface area (Å²) in [5.41, 5.74) is 1.55. The van der Waals surface area contributed by atoms with Gasteiger partial charge in [-0.05, 0) is 29.4 Å². The molecule has 1 aromatic carbocycles. The van der Waals surface area contributed by atoms with Gasteiger partial charge in [-0.15, -0.1) is 11.8 Å². The van der Waals surface area contributed by atoms with Crippen molar-refractivity contribution in [3.8, 4) is 0 Å². The van der Waals surface area contributed by atoms with E-state index in [1.807, 2.05) is 18.2 Å².